The van der Waals surface area contributed by atoms with E-state index >= 15 is 0 Å². The lowest BCUT2D eigenvalue weighted by Crippen LogP contribution is -1.92. The molecule has 4 heterocycles. The van der Waals surface area contributed by atoms with Gasteiger partial charge in [0.25, 0.3) is 0 Å². The average molecular weight is 901 g/mol. The predicted molar refractivity (Wildman–Crippen MR) is 293 cm³/mol. The van der Waals surface area contributed by atoms with E-state index in [9.17, 15) is 0 Å². The number of hydrogen-bond acceptors (Lipinski definition) is 2. The van der Waals surface area contributed by atoms with Gasteiger partial charge in [-0.25, -0.2) is 0 Å². The van der Waals surface area contributed by atoms with E-state index in [1.807, 2.05) is 22.7 Å². The minimum atomic E-state index is 1.18. The van der Waals surface area contributed by atoms with Crippen molar-refractivity contribution in [2.75, 3.05) is 0 Å². The standard InChI is InChI=1S/C64H40N2S2/c1-3-11-51(12-4-1)65-57-17-9-7-15-53(57)55-39-47(27-29-59(55)65)43-19-21-45-37-49(25-23-41(45)35-43)61-31-33-63(67-61)64-34-32-62(68-64)50-26-24-42-36-44(20-22-46(42)38-50)48-28-30-60-56(40-48)54-16-8-10-18-58(54)66(60)52-13-5-2-6-14-52/h1-40H. The maximum atomic E-state index is 2.37. The van der Waals surface area contributed by atoms with Crippen molar-refractivity contribution in [3.63, 3.8) is 0 Å². The van der Waals surface area contributed by atoms with E-state index in [1.165, 1.54) is 129 Å². The van der Waals surface area contributed by atoms with Crippen molar-refractivity contribution in [3.05, 3.63) is 243 Å². The quantitative estimate of drug-likeness (QED) is 0.151. The van der Waals surface area contributed by atoms with Gasteiger partial charge in [-0.15, -0.1) is 22.7 Å². The zero-order chi connectivity index (χ0) is 44.7. The van der Waals surface area contributed by atoms with Gasteiger partial charge in [-0.3, -0.25) is 0 Å². The number of aromatic nitrogens is 2. The maximum Gasteiger partial charge on any atom is 0.0541 e. The van der Waals surface area contributed by atoms with E-state index in [0.29, 0.717) is 0 Å². The number of thiophene rings is 2. The first-order chi connectivity index (χ1) is 33.7. The smallest absolute Gasteiger partial charge is 0.0541 e. The first-order valence-corrected chi connectivity index (χ1v) is 24.8. The Morgan fingerprint density at radius 2 is 0.544 bits per heavy atom. The number of rotatable bonds is 7. The minimum Gasteiger partial charge on any atom is -0.309 e. The second kappa shape index (κ2) is 15.7. The molecule has 68 heavy (non-hydrogen) atoms. The maximum absolute atomic E-state index is 2.37. The van der Waals surface area contributed by atoms with Crippen LogP contribution in [0.25, 0.3) is 129 Å². The van der Waals surface area contributed by atoms with Gasteiger partial charge in [0.05, 0.1) is 22.1 Å². The fraction of sp³-hybridized carbons (Fsp3) is 0. The van der Waals surface area contributed by atoms with Gasteiger partial charge < -0.3 is 9.13 Å². The molecule has 2 nitrogen and oxygen atoms in total. The van der Waals surface area contributed by atoms with Gasteiger partial charge in [-0.05, 0) is 164 Å². The SMILES string of the molecule is c1ccc(-n2c3ccccc3c3cc(-c4ccc5cc(-c6ccc(-c7ccc(-c8ccc9cc(-c%10ccc%11c(c%10)c%10ccccc%10n%11-c%10ccccc%10)ccc9c8)s7)s6)ccc5c4)ccc32)cc1. The molecule has 0 N–H and O–H groups in total. The molecule has 0 aliphatic heterocycles. The second-order valence-corrected chi connectivity index (χ2v) is 19.9. The number of fused-ring (bicyclic) bond motifs is 8. The number of nitrogens with zero attached hydrogens (tertiary/aromatic N) is 2. The van der Waals surface area contributed by atoms with Crippen molar-refractivity contribution in [1.82, 2.24) is 9.13 Å². The van der Waals surface area contributed by atoms with Crippen molar-refractivity contribution in [1.29, 1.82) is 0 Å². The van der Waals surface area contributed by atoms with Crippen LogP contribution in [0.3, 0.4) is 0 Å². The van der Waals surface area contributed by atoms with E-state index < -0.39 is 0 Å². The number of benzene rings is 10. The van der Waals surface area contributed by atoms with Crippen molar-refractivity contribution in [3.8, 4) is 64.3 Å². The van der Waals surface area contributed by atoms with Gasteiger partial charge in [0.2, 0.25) is 0 Å². The largest absolute Gasteiger partial charge is 0.309 e. The van der Waals surface area contributed by atoms with Crippen LogP contribution in [-0.4, -0.2) is 9.13 Å². The van der Waals surface area contributed by atoms with E-state index in [-0.39, 0.29) is 0 Å². The van der Waals surface area contributed by atoms with Crippen molar-refractivity contribution >= 4 is 87.8 Å². The summed E-state index contributed by atoms with van der Waals surface area (Å²) >= 11 is 3.74. The minimum absolute atomic E-state index is 1.18. The zero-order valence-corrected chi connectivity index (χ0v) is 38.4. The van der Waals surface area contributed by atoms with E-state index in [4.69, 9.17) is 0 Å². The molecule has 0 saturated heterocycles. The van der Waals surface area contributed by atoms with E-state index in [0.717, 1.165) is 0 Å². The normalized spacial score (nSPS) is 11.8. The molecular weight excluding hydrogens is 861 g/mol. The fourth-order valence-corrected chi connectivity index (χ4v) is 12.5. The average Bonchev–Trinajstić information content (AvgIpc) is 4.23. The van der Waals surface area contributed by atoms with Crippen LogP contribution >= 0.6 is 22.7 Å². The Morgan fingerprint density at radius 3 is 0.985 bits per heavy atom. The summed E-state index contributed by atoms with van der Waals surface area (Å²) in [5.41, 5.74) is 14.7. The van der Waals surface area contributed by atoms with Gasteiger partial charge in [0.15, 0.2) is 0 Å². The molecule has 0 aliphatic carbocycles. The van der Waals surface area contributed by atoms with Crippen LogP contribution in [0, 0.1) is 0 Å². The molecule has 0 radical (unpaired) electrons. The summed E-state index contributed by atoms with van der Waals surface area (Å²) in [6, 6.07) is 89.3. The summed E-state index contributed by atoms with van der Waals surface area (Å²) in [6.45, 7) is 0. The van der Waals surface area contributed by atoms with E-state index in [2.05, 4.69) is 252 Å². The highest BCUT2D eigenvalue weighted by Gasteiger charge is 2.16. The van der Waals surface area contributed by atoms with Gasteiger partial charge in [0, 0.05) is 52.4 Å². The summed E-state index contributed by atoms with van der Waals surface area (Å²) in [5, 5.41) is 10.1. The summed E-state index contributed by atoms with van der Waals surface area (Å²) in [5.74, 6) is 0. The van der Waals surface area contributed by atoms with Gasteiger partial charge >= 0.3 is 0 Å². The number of para-hydroxylation sites is 4. The molecule has 14 rings (SSSR count). The third kappa shape index (κ3) is 6.45. The van der Waals surface area contributed by atoms with Crippen molar-refractivity contribution < 1.29 is 0 Å². The first-order valence-electron chi connectivity index (χ1n) is 23.1. The van der Waals surface area contributed by atoms with Crippen LogP contribution < -0.4 is 0 Å². The fourth-order valence-electron chi connectivity index (χ4n) is 10.4. The second-order valence-electron chi connectivity index (χ2n) is 17.7. The van der Waals surface area contributed by atoms with Crippen LogP contribution in [0.15, 0.2) is 243 Å². The Morgan fingerprint density at radius 1 is 0.221 bits per heavy atom. The lowest BCUT2D eigenvalue weighted by Gasteiger charge is -2.09. The monoisotopic (exact) mass is 900 g/mol. The number of hydrogen-bond donors (Lipinski definition) is 0. The van der Waals surface area contributed by atoms with Gasteiger partial charge in [-0.1, -0.05) is 133 Å². The molecule has 0 spiro atoms. The molecule has 318 valence electrons. The third-order valence-electron chi connectivity index (χ3n) is 13.7. The highest BCUT2D eigenvalue weighted by Crippen LogP contribution is 2.43. The topological polar surface area (TPSA) is 9.86 Å². The molecule has 0 atom stereocenters. The van der Waals surface area contributed by atoms with Crippen molar-refractivity contribution in [2.24, 2.45) is 0 Å². The van der Waals surface area contributed by atoms with Crippen LogP contribution in [-0.2, 0) is 0 Å². The molecule has 0 unspecified atom stereocenters. The van der Waals surface area contributed by atoms with Gasteiger partial charge in [0.1, 0.15) is 0 Å². The molecule has 4 aromatic heterocycles. The summed E-state index contributed by atoms with van der Waals surface area (Å²) in [4.78, 5) is 5.16. The molecule has 10 aromatic carbocycles. The van der Waals surface area contributed by atoms with Crippen molar-refractivity contribution in [2.45, 2.75) is 0 Å². The summed E-state index contributed by atoms with van der Waals surface area (Å²) in [6.07, 6.45) is 0. The molecule has 0 amide bonds. The summed E-state index contributed by atoms with van der Waals surface area (Å²) < 4.78 is 4.75. The van der Waals surface area contributed by atoms with Crippen LogP contribution in [0.5, 0.6) is 0 Å². The molecule has 0 fully saturated rings. The van der Waals surface area contributed by atoms with Gasteiger partial charge in [-0.2, -0.15) is 0 Å². The molecule has 0 aliphatic rings. The van der Waals surface area contributed by atoms with E-state index in [1.54, 1.807) is 0 Å². The van der Waals surface area contributed by atoms with Crippen LogP contribution in [0.1, 0.15) is 0 Å². The highest BCUT2D eigenvalue weighted by molar-refractivity contribution is 7.25. The lowest BCUT2D eigenvalue weighted by molar-refractivity contribution is 1.18. The Balaban J connectivity index is 0.715. The van der Waals surface area contributed by atoms with Crippen LogP contribution in [0.2, 0.25) is 0 Å². The Kier molecular flexibility index (Phi) is 8.98. The molecule has 4 heteroatoms. The molecule has 0 saturated carbocycles. The summed E-state index contributed by atoms with van der Waals surface area (Å²) in [7, 11) is 0. The molecule has 14 aromatic rings. The third-order valence-corrected chi connectivity index (χ3v) is 16.2. The highest BCUT2D eigenvalue weighted by atomic mass is 32.1. The van der Waals surface area contributed by atoms with Crippen LogP contribution in [0.4, 0.5) is 0 Å². The zero-order valence-electron chi connectivity index (χ0n) is 36.8. The first kappa shape index (κ1) is 38.9. The molecule has 0 bridgehead atoms. The Bertz CT molecular complexity index is 3980. The Hall–Kier alpha value is -8.28. The lowest BCUT2D eigenvalue weighted by atomic mass is 9.98. The molecular formula is C64H40N2S2. The Labute approximate surface area is 401 Å². The predicted octanol–water partition coefficient (Wildman–Crippen LogP) is 18.6.